The quantitative estimate of drug-likeness (QED) is 0.807. The largest absolute Gasteiger partial charge is 0.323 e. The van der Waals surface area contributed by atoms with Crippen LogP contribution in [0.2, 0.25) is 10.0 Å². The van der Waals surface area contributed by atoms with Gasteiger partial charge in [0.1, 0.15) is 5.69 Å². The van der Waals surface area contributed by atoms with Crippen LogP contribution in [-0.4, -0.2) is 34.8 Å². The van der Waals surface area contributed by atoms with Gasteiger partial charge in [-0.15, -0.1) is 0 Å². The maximum Gasteiger partial charge on any atom is 0.279 e. The average Bonchev–Trinajstić information content (AvgIpc) is 3.11. The highest BCUT2D eigenvalue weighted by atomic mass is 35.5. The van der Waals surface area contributed by atoms with Gasteiger partial charge < -0.3 is 5.32 Å². The van der Waals surface area contributed by atoms with E-state index in [0.717, 1.165) is 24.8 Å². The molecule has 136 valence electrons. The molecule has 7 heteroatoms. The van der Waals surface area contributed by atoms with Crippen molar-refractivity contribution in [1.29, 1.82) is 0 Å². The SMILES string of the molecule is CCCCc1ccc(C(=O)N2CCN=C2Nc2c(Cl)cccc2Cl)nc1. The van der Waals surface area contributed by atoms with Crippen molar-refractivity contribution in [2.24, 2.45) is 4.99 Å². The molecule has 1 aliphatic rings. The number of rotatable bonds is 5. The van der Waals surface area contributed by atoms with Crippen molar-refractivity contribution < 1.29 is 4.79 Å². The number of hydrogen-bond acceptors (Lipinski definition) is 4. The third kappa shape index (κ3) is 4.17. The number of aryl methyl sites for hydroxylation is 1. The number of halogens is 2. The molecule has 0 aliphatic carbocycles. The minimum Gasteiger partial charge on any atom is -0.323 e. The van der Waals surface area contributed by atoms with Crippen LogP contribution in [0.15, 0.2) is 41.5 Å². The average molecular weight is 391 g/mol. The van der Waals surface area contributed by atoms with Crippen molar-refractivity contribution >= 4 is 40.8 Å². The second kappa shape index (κ2) is 8.52. The van der Waals surface area contributed by atoms with Crippen LogP contribution in [0.1, 0.15) is 35.8 Å². The third-order valence-corrected chi connectivity index (χ3v) is 4.78. The first-order chi connectivity index (χ1) is 12.6. The molecule has 0 saturated heterocycles. The Hall–Kier alpha value is -2.11. The van der Waals surface area contributed by atoms with E-state index in [2.05, 4.69) is 22.2 Å². The van der Waals surface area contributed by atoms with Crippen LogP contribution in [-0.2, 0) is 6.42 Å². The van der Waals surface area contributed by atoms with Gasteiger partial charge in [0.15, 0.2) is 0 Å². The molecule has 2 aromatic rings. The van der Waals surface area contributed by atoms with Gasteiger partial charge in [-0.2, -0.15) is 0 Å². The summed E-state index contributed by atoms with van der Waals surface area (Å²) < 4.78 is 0. The Bertz CT molecular complexity index is 801. The van der Waals surface area contributed by atoms with E-state index >= 15 is 0 Å². The predicted octanol–water partition coefficient (Wildman–Crippen LogP) is 4.65. The molecule has 1 N–H and O–H groups in total. The maximum absolute atomic E-state index is 12.8. The molecule has 2 heterocycles. The van der Waals surface area contributed by atoms with Crippen molar-refractivity contribution in [2.45, 2.75) is 26.2 Å². The molecule has 1 aromatic heterocycles. The Morgan fingerprint density at radius 1 is 1.23 bits per heavy atom. The van der Waals surface area contributed by atoms with Gasteiger partial charge in [0.2, 0.25) is 5.96 Å². The smallest absolute Gasteiger partial charge is 0.279 e. The van der Waals surface area contributed by atoms with E-state index < -0.39 is 0 Å². The lowest BCUT2D eigenvalue weighted by molar-refractivity contribution is 0.0852. The van der Waals surface area contributed by atoms with Gasteiger partial charge in [0, 0.05) is 12.7 Å². The molecule has 3 rings (SSSR count). The van der Waals surface area contributed by atoms with Crippen molar-refractivity contribution in [1.82, 2.24) is 9.88 Å². The Labute approximate surface area is 163 Å². The van der Waals surface area contributed by atoms with E-state index in [0.29, 0.717) is 40.5 Å². The first kappa shape index (κ1) is 18.7. The Morgan fingerprint density at radius 2 is 2.00 bits per heavy atom. The highest BCUT2D eigenvalue weighted by molar-refractivity contribution is 6.40. The van der Waals surface area contributed by atoms with Gasteiger partial charge >= 0.3 is 0 Å². The van der Waals surface area contributed by atoms with Gasteiger partial charge in [-0.1, -0.05) is 48.7 Å². The van der Waals surface area contributed by atoms with E-state index in [1.54, 1.807) is 35.4 Å². The molecule has 0 unspecified atom stereocenters. The van der Waals surface area contributed by atoms with Crippen molar-refractivity contribution in [3.05, 3.63) is 57.8 Å². The fourth-order valence-corrected chi connectivity index (χ4v) is 3.19. The molecule has 1 aliphatic heterocycles. The highest BCUT2D eigenvalue weighted by Gasteiger charge is 2.26. The number of aliphatic imine (C=N–C) groups is 1. The number of aromatic nitrogens is 1. The number of hydrogen-bond donors (Lipinski definition) is 1. The second-order valence-electron chi connectivity index (χ2n) is 6.04. The van der Waals surface area contributed by atoms with Crippen LogP contribution in [0.25, 0.3) is 0 Å². The number of carbonyl (C=O) groups excluding carboxylic acids is 1. The highest BCUT2D eigenvalue weighted by Crippen LogP contribution is 2.30. The summed E-state index contributed by atoms with van der Waals surface area (Å²) in [5, 5.41) is 4.02. The molecule has 5 nitrogen and oxygen atoms in total. The number of para-hydroxylation sites is 1. The van der Waals surface area contributed by atoms with Gasteiger partial charge in [-0.25, -0.2) is 0 Å². The van der Waals surface area contributed by atoms with Gasteiger partial charge in [-0.05, 0) is 36.6 Å². The molecular formula is C19H20Cl2N4O. The number of anilines is 1. The van der Waals surface area contributed by atoms with E-state index in [1.165, 1.54) is 0 Å². The zero-order valence-corrected chi connectivity index (χ0v) is 16.0. The molecule has 0 spiro atoms. The molecule has 0 bridgehead atoms. The lowest BCUT2D eigenvalue weighted by Crippen LogP contribution is -2.38. The van der Waals surface area contributed by atoms with E-state index in [9.17, 15) is 4.79 Å². The molecule has 0 fully saturated rings. The summed E-state index contributed by atoms with van der Waals surface area (Å²) in [5.74, 6) is 0.237. The molecule has 1 aromatic carbocycles. The number of carbonyl (C=O) groups is 1. The molecule has 26 heavy (non-hydrogen) atoms. The van der Waals surface area contributed by atoms with Crippen LogP contribution < -0.4 is 5.32 Å². The Morgan fingerprint density at radius 3 is 2.65 bits per heavy atom. The minimum absolute atomic E-state index is 0.195. The first-order valence-electron chi connectivity index (χ1n) is 8.62. The number of nitrogens with one attached hydrogen (secondary N) is 1. The summed E-state index contributed by atoms with van der Waals surface area (Å²) in [6, 6.07) is 8.95. The third-order valence-electron chi connectivity index (χ3n) is 4.15. The van der Waals surface area contributed by atoms with Gasteiger partial charge in [0.25, 0.3) is 5.91 Å². The zero-order chi connectivity index (χ0) is 18.5. The monoisotopic (exact) mass is 390 g/mol. The molecular weight excluding hydrogens is 371 g/mol. The van der Waals surface area contributed by atoms with Crippen molar-refractivity contribution in [3.63, 3.8) is 0 Å². The van der Waals surface area contributed by atoms with E-state index in [-0.39, 0.29) is 5.91 Å². The van der Waals surface area contributed by atoms with E-state index in [1.807, 2.05) is 6.07 Å². The fourth-order valence-electron chi connectivity index (χ4n) is 2.70. The summed E-state index contributed by atoms with van der Waals surface area (Å²) in [7, 11) is 0. The number of pyridine rings is 1. The number of guanidine groups is 1. The molecule has 0 radical (unpaired) electrons. The Balaban J connectivity index is 1.74. The number of unbranched alkanes of at least 4 members (excludes halogenated alkanes) is 1. The summed E-state index contributed by atoms with van der Waals surface area (Å²) in [6.07, 6.45) is 4.99. The minimum atomic E-state index is -0.195. The fraction of sp³-hybridized carbons (Fsp3) is 0.316. The molecule has 0 atom stereocenters. The Kier molecular flexibility index (Phi) is 6.12. The van der Waals surface area contributed by atoms with Crippen molar-refractivity contribution in [2.75, 3.05) is 18.4 Å². The summed E-state index contributed by atoms with van der Waals surface area (Å²) in [6.45, 7) is 3.16. The number of nitrogens with zero attached hydrogens (tertiary/aromatic N) is 3. The molecule has 1 amide bonds. The summed E-state index contributed by atoms with van der Waals surface area (Å²) in [4.78, 5) is 23.1. The second-order valence-corrected chi connectivity index (χ2v) is 6.85. The van der Waals surface area contributed by atoms with E-state index in [4.69, 9.17) is 23.2 Å². The van der Waals surface area contributed by atoms with Crippen LogP contribution >= 0.6 is 23.2 Å². The van der Waals surface area contributed by atoms with Gasteiger partial charge in [0.05, 0.1) is 22.3 Å². The normalized spacial score (nSPS) is 13.7. The first-order valence-corrected chi connectivity index (χ1v) is 9.38. The van der Waals surface area contributed by atoms with Crippen molar-refractivity contribution in [3.8, 4) is 0 Å². The number of amides is 1. The van der Waals surface area contributed by atoms with Crippen LogP contribution in [0.5, 0.6) is 0 Å². The van der Waals surface area contributed by atoms with Crippen LogP contribution in [0.4, 0.5) is 5.69 Å². The van der Waals surface area contributed by atoms with Crippen LogP contribution in [0, 0.1) is 0 Å². The lowest BCUT2D eigenvalue weighted by atomic mass is 10.1. The zero-order valence-electron chi connectivity index (χ0n) is 14.5. The summed E-state index contributed by atoms with van der Waals surface area (Å²) >= 11 is 12.4. The molecule has 0 saturated carbocycles. The summed E-state index contributed by atoms with van der Waals surface area (Å²) in [5.41, 5.74) is 2.07. The lowest BCUT2D eigenvalue weighted by Gasteiger charge is -2.20. The standard InChI is InChI=1S/C19H20Cl2N4O/c1-2-3-5-13-8-9-16(23-12-13)18(26)25-11-10-22-19(25)24-17-14(20)6-4-7-15(17)21/h4,6-9,12H,2-3,5,10-11H2,1H3,(H,22,24). The predicted molar refractivity (Wildman–Crippen MR) is 106 cm³/mol. The topological polar surface area (TPSA) is 57.6 Å². The maximum atomic E-state index is 12.8. The number of benzene rings is 1. The van der Waals surface area contributed by atoms with Crippen LogP contribution in [0.3, 0.4) is 0 Å². The van der Waals surface area contributed by atoms with Gasteiger partial charge in [-0.3, -0.25) is 19.7 Å².